The van der Waals surface area contributed by atoms with Crippen LogP contribution >= 0.6 is 0 Å². The van der Waals surface area contributed by atoms with Crippen LogP contribution in [0.2, 0.25) is 0 Å². The zero-order valence-corrected chi connectivity index (χ0v) is 10.4. The van der Waals surface area contributed by atoms with E-state index in [2.05, 4.69) is 26.2 Å². The van der Waals surface area contributed by atoms with Crippen LogP contribution in [0.1, 0.15) is 11.5 Å². The lowest BCUT2D eigenvalue weighted by atomic mass is 10.1. The molecule has 0 atom stereocenters. The quantitative estimate of drug-likeness (QED) is 0.625. The van der Waals surface area contributed by atoms with Crippen LogP contribution in [0, 0.1) is 12.3 Å². The average Bonchev–Trinajstić information content (AvgIpc) is 3.04. The molecule has 94 valence electrons. The summed E-state index contributed by atoms with van der Waals surface area (Å²) >= 11 is 0. The Morgan fingerprint density at radius 1 is 1.32 bits per heavy atom. The number of rotatable bonds is 3. The number of fused-ring (bicyclic) bond motifs is 1. The fraction of sp³-hybridized carbons (Fsp3) is 0.0714. The maximum atomic E-state index is 6.96. The van der Waals surface area contributed by atoms with E-state index in [4.69, 9.17) is 5.41 Å². The number of H-pyrrole nitrogens is 2. The minimum Gasteiger partial charge on any atom is -0.338 e. The van der Waals surface area contributed by atoms with E-state index in [1.54, 1.807) is 18.3 Å². The van der Waals surface area contributed by atoms with Crippen molar-refractivity contribution in [3.05, 3.63) is 42.0 Å². The third kappa shape index (κ3) is 2.06. The molecule has 0 bridgehead atoms. The monoisotopic (exact) mass is 251 g/mol. The molecule has 5 nitrogen and oxygen atoms in total. The summed E-state index contributed by atoms with van der Waals surface area (Å²) in [5.74, 6) is 0.738. The minimum atomic E-state index is 0.738. The lowest BCUT2D eigenvalue weighted by Crippen LogP contribution is -1.79. The first-order valence-electron chi connectivity index (χ1n) is 5.95. The molecule has 0 saturated heterocycles. The summed E-state index contributed by atoms with van der Waals surface area (Å²) < 4.78 is 0. The molecule has 0 fully saturated rings. The Bertz CT molecular complexity index is 763. The van der Waals surface area contributed by atoms with Gasteiger partial charge in [-0.2, -0.15) is 5.10 Å². The van der Waals surface area contributed by atoms with E-state index in [1.807, 2.05) is 19.1 Å². The third-order valence-electron chi connectivity index (χ3n) is 3.00. The molecule has 2 heterocycles. The second-order valence-electron chi connectivity index (χ2n) is 4.29. The Morgan fingerprint density at radius 3 is 3.05 bits per heavy atom. The van der Waals surface area contributed by atoms with Crippen molar-refractivity contribution >= 4 is 23.2 Å². The van der Waals surface area contributed by atoms with Crippen LogP contribution < -0.4 is 0 Å². The van der Waals surface area contributed by atoms with E-state index in [0.717, 1.165) is 33.7 Å². The number of aromatic nitrogens is 4. The topological polar surface area (TPSA) is 81.2 Å². The molecule has 0 unspecified atom stereocenters. The third-order valence-corrected chi connectivity index (χ3v) is 3.00. The van der Waals surface area contributed by atoms with Gasteiger partial charge in [0, 0.05) is 22.9 Å². The first-order valence-corrected chi connectivity index (χ1v) is 5.95. The van der Waals surface area contributed by atoms with Crippen molar-refractivity contribution in [2.24, 2.45) is 0 Å². The normalized spacial score (nSPS) is 11.4. The number of hydrogen-bond donors (Lipinski definition) is 3. The summed E-state index contributed by atoms with van der Waals surface area (Å²) in [6, 6.07) is 6.09. The summed E-state index contributed by atoms with van der Waals surface area (Å²) in [7, 11) is 0. The molecule has 0 amide bonds. The van der Waals surface area contributed by atoms with E-state index < -0.39 is 0 Å². The summed E-state index contributed by atoms with van der Waals surface area (Å²) in [5, 5.41) is 15.3. The molecule has 3 aromatic rings. The molecule has 3 rings (SSSR count). The fourth-order valence-corrected chi connectivity index (χ4v) is 2.01. The summed E-state index contributed by atoms with van der Waals surface area (Å²) in [4.78, 5) is 7.46. The van der Waals surface area contributed by atoms with Gasteiger partial charge in [-0.05, 0) is 31.2 Å². The van der Waals surface area contributed by atoms with Gasteiger partial charge in [-0.15, -0.1) is 0 Å². The van der Waals surface area contributed by atoms with Crippen molar-refractivity contribution in [3.8, 4) is 11.3 Å². The minimum absolute atomic E-state index is 0.738. The number of aryl methyl sites for hydroxylation is 1. The van der Waals surface area contributed by atoms with E-state index in [0.29, 0.717) is 0 Å². The molecule has 2 aromatic heterocycles. The number of hydrogen-bond acceptors (Lipinski definition) is 3. The highest BCUT2D eigenvalue weighted by Gasteiger charge is 2.06. The first-order chi connectivity index (χ1) is 9.28. The van der Waals surface area contributed by atoms with E-state index in [-0.39, 0.29) is 0 Å². The van der Waals surface area contributed by atoms with E-state index in [9.17, 15) is 0 Å². The lowest BCUT2D eigenvalue weighted by molar-refractivity contribution is 1.07. The molecular formula is C14H13N5. The van der Waals surface area contributed by atoms with Gasteiger partial charge in [0.25, 0.3) is 0 Å². The summed E-state index contributed by atoms with van der Waals surface area (Å²) in [6.45, 7) is 2.00. The Labute approximate surface area is 109 Å². The Kier molecular flexibility index (Phi) is 2.72. The van der Waals surface area contributed by atoms with Gasteiger partial charge >= 0.3 is 0 Å². The van der Waals surface area contributed by atoms with Crippen LogP contribution in [-0.4, -0.2) is 26.4 Å². The van der Waals surface area contributed by atoms with Crippen molar-refractivity contribution < 1.29 is 0 Å². The zero-order valence-electron chi connectivity index (χ0n) is 10.4. The molecular weight excluding hydrogens is 238 g/mol. The molecule has 0 aliphatic carbocycles. The van der Waals surface area contributed by atoms with Crippen LogP contribution in [0.4, 0.5) is 0 Å². The molecule has 19 heavy (non-hydrogen) atoms. The molecule has 5 heteroatoms. The van der Waals surface area contributed by atoms with Crippen molar-refractivity contribution in [2.45, 2.75) is 6.92 Å². The standard InChI is InChI=1S/C14H13N5/c1-9-11-7-10(4-5-12(11)19-18-9)13-8-16-14(17-13)3-2-6-15/h2-8,15H,1H3,(H,16,17)(H,18,19)/b3-2-,15-6?. The van der Waals surface area contributed by atoms with Crippen molar-refractivity contribution in [1.29, 1.82) is 5.41 Å². The highest BCUT2D eigenvalue weighted by Crippen LogP contribution is 2.23. The molecule has 0 saturated carbocycles. The van der Waals surface area contributed by atoms with E-state index >= 15 is 0 Å². The fourth-order valence-electron chi connectivity index (χ4n) is 2.01. The Balaban J connectivity index is 2.03. The molecule has 3 N–H and O–H groups in total. The number of benzene rings is 1. The Hall–Kier alpha value is -2.69. The number of imidazole rings is 1. The predicted molar refractivity (Wildman–Crippen MR) is 76.2 cm³/mol. The highest BCUT2D eigenvalue weighted by molar-refractivity contribution is 5.86. The van der Waals surface area contributed by atoms with Gasteiger partial charge in [-0.1, -0.05) is 6.07 Å². The molecule has 0 aliphatic rings. The number of nitrogens with one attached hydrogen (secondary N) is 3. The van der Waals surface area contributed by atoms with Gasteiger partial charge in [0.1, 0.15) is 5.82 Å². The van der Waals surface area contributed by atoms with Gasteiger partial charge < -0.3 is 10.4 Å². The highest BCUT2D eigenvalue weighted by atomic mass is 15.1. The number of allylic oxidation sites excluding steroid dienone is 1. The number of aromatic amines is 2. The summed E-state index contributed by atoms with van der Waals surface area (Å²) in [6.07, 6.45) is 6.41. The molecule has 0 aliphatic heterocycles. The second kappa shape index (κ2) is 4.53. The molecule has 0 spiro atoms. The zero-order chi connectivity index (χ0) is 13.2. The maximum Gasteiger partial charge on any atom is 0.130 e. The van der Waals surface area contributed by atoms with Gasteiger partial charge in [0.15, 0.2) is 0 Å². The molecule has 1 aromatic carbocycles. The van der Waals surface area contributed by atoms with Gasteiger partial charge in [-0.3, -0.25) is 5.10 Å². The molecule has 0 radical (unpaired) electrons. The smallest absolute Gasteiger partial charge is 0.130 e. The second-order valence-corrected chi connectivity index (χ2v) is 4.29. The average molecular weight is 251 g/mol. The van der Waals surface area contributed by atoms with Crippen LogP contribution in [0.3, 0.4) is 0 Å². The van der Waals surface area contributed by atoms with Gasteiger partial charge in [0.2, 0.25) is 0 Å². The Morgan fingerprint density at radius 2 is 2.21 bits per heavy atom. The van der Waals surface area contributed by atoms with Crippen LogP contribution in [0.15, 0.2) is 30.5 Å². The predicted octanol–water partition coefficient (Wildman–Crippen LogP) is 2.92. The number of nitrogens with zero attached hydrogens (tertiary/aromatic N) is 2. The van der Waals surface area contributed by atoms with Crippen molar-refractivity contribution in [3.63, 3.8) is 0 Å². The first kappa shape index (κ1) is 11.4. The lowest BCUT2D eigenvalue weighted by Gasteiger charge is -1.97. The SMILES string of the molecule is Cc1[nH]nc2ccc(-c3cnc(/C=C\C=N)[nH]3)cc12. The van der Waals surface area contributed by atoms with Crippen LogP contribution in [-0.2, 0) is 0 Å². The largest absolute Gasteiger partial charge is 0.338 e. The van der Waals surface area contributed by atoms with Crippen LogP contribution in [0.5, 0.6) is 0 Å². The van der Waals surface area contributed by atoms with Crippen molar-refractivity contribution in [2.75, 3.05) is 0 Å². The maximum absolute atomic E-state index is 6.96. The van der Waals surface area contributed by atoms with Gasteiger partial charge in [0.05, 0.1) is 17.4 Å². The summed E-state index contributed by atoms with van der Waals surface area (Å²) in [5.41, 5.74) is 4.04. The van der Waals surface area contributed by atoms with Crippen LogP contribution in [0.25, 0.3) is 28.2 Å². The van der Waals surface area contributed by atoms with Gasteiger partial charge in [-0.25, -0.2) is 4.98 Å². The van der Waals surface area contributed by atoms with E-state index in [1.165, 1.54) is 6.21 Å². The van der Waals surface area contributed by atoms with Crippen molar-refractivity contribution in [1.82, 2.24) is 20.2 Å².